The lowest BCUT2D eigenvalue weighted by Crippen LogP contribution is -2.48. The maximum atomic E-state index is 12.7. The monoisotopic (exact) mass is 483 g/mol. The second-order valence-corrected chi connectivity index (χ2v) is 11.7. The second-order valence-electron chi connectivity index (χ2n) is 6.25. The molecule has 9 heteroatoms. The van der Waals surface area contributed by atoms with Gasteiger partial charge in [-0.25, -0.2) is 13.4 Å². The van der Waals surface area contributed by atoms with Crippen LogP contribution >= 0.6 is 38.6 Å². The first-order valence-electron chi connectivity index (χ1n) is 8.50. The number of piperazine rings is 1. The van der Waals surface area contributed by atoms with Gasteiger partial charge in [-0.2, -0.15) is 4.31 Å². The van der Waals surface area contributed by atoms with Gasteiger partial charge in [0.25, 0.3) is 10.0 Å². The normalized spacial score (nSPS) is 16.6. The molecular weight excluding hydrogens is 466 g/mol. The van der Waals surface area contributed by atoms with Gasteiger partial charge in [-0.3, -0.25) is 4.90 Å². The van der Waals surface area contributed by atoms with Crippen molar-refractivity contribution in [3.8, 4) is 10.6 Å². The van der Waals surface area contributed by atoms with Crippen molar-refractivity contribution in [2.24, 2.45) is 0 Å². The molecule has 3 aromatic rings. The molecule has 0 bridgehead atoms. The van der Waals surface area contributed by atoms with Crippen molar-refractivity contribution in [2.45, 2.75) is 10.8 Å². The Kier molecular flexibility index (Phi) is 5.77. The van der Waals surface area contributed by atoms with Gasteiger partial charge in [-0.15, -0.1) is 22.7 Å². The molecule has 0 N–H and O–H groups in total. The van der Waals surface area contributed by atoms with Crippen LogP contribution in [0.1, 0.15) is 5.69 Å². The predicted molar refractivity (Wildman–Crippen MR) is 114 cm³/mol. The first-order chi connectivity index (χ1) is 13.0. The fourth-order valence-electron chi connectivity index (χ4n) is 3.01. The summed E-state index contributed by atoms with van der Waals surface area (Å²) in [5.74, 6) is 0. The Morgan fingerprint density at radius 1 is 1.04 bits per heavy atom. The predicted octanol–water partition coefficient (Wildman–Crippen LogP) is 4.14. The molecule has 1 aromatic carbocycles. The van der Waals surface area contributed by atoms with Crippen LogP contribution in [0.5, 0.6) is 0 Å². The lowest BCUT2D eigenvalue weighted by molar-refractivity contribution is 0.180. The minimum Gasteiger partial charge on any atom is -0.295 e. The van der Waals surface area contributed by atoms with E-state index in [0.29, 0.717) is 30.4 Å². The molecule has 0 radical (unpaired) electrons. The average Bonchev–Trinajstić information content (AvgIpc) is 3.32. The summed E-state index contributed by atoms with van der Waals surface area (Å²) in [5, 5.41) is 3.12. The highest BCUT2D eigenvalue weighted by Gasteiger charge is 2.29. The Balaban J connectivity index is 1.37. The van der Waals surface area contributed by atoms with Gasteiger partial charge in [-0.1, -0.05) is 30.3 Å². The van der Waals surface area contributed by atoms with Crippen molar-refractivity contribution < 1.29 is 8.42 Å². The molecule has 0 amide bonds. The summed E-state index contributed by atoms with van der Waals surface area (Å²) in [6.45, 7) is 3.19. The van der Waals surface area contributed by atoms with E-state index in [-0.39, 0.29) is 0 Å². The van der Waals surface area contributed by atoms with E-state index in [4.69, 9.17) is 4.98 Å². The molecule has 4 rings (SSSR count). The topological polar surface area (TPSA) is 53.5 Å². The minimum atomic E-state index is -3.39. The number of hydrogen-bond acceptors (Lipinski definition) is 6. The van der Waals surface area contributed by atoms with Gasteiger partial charge < -0.3 is 0 Å². The number of thiazole rings is 1. The number of thiophene rings is 1. The molecule has 0 atom stereocenters. The highest BCUT2D eigenvalue weighted by Crippen LogP contribution is 2.29. The minimum absolute atomic E-state index is 0.398. The van der Waals surface area contributed by atoms with Gasteiger partial charge in [0.1, 0.15) is 9.22 Å². The smallest absolute Gasteiger partial charge is 0.252 e. The van der Waals surface area contributed by atoms with Crippen molar-refractivity contribution in [3.63, 3.8) is 0 Å². The van der Waals surface area contributed by atoms with E-state index in [1.807, 2.05) is 18.2 Å². The summed E-state index contributed by atoms with van der Waals surface area (Å²) in [6, 6.07) is 13.6. The van der Waals surface area contributed by atoms with Crippen LogP contribution in [0, 0.1) is 0 Å². The summed E-state index contributed by atoms with van der Waals surface area (Å²) >= 11 is 6.24. The Morgan fingerprint density at radius 2 is 1.78 bits per heavy atom. The van der Waals surface area contributed by atoms with E-state index < -0.39 is 10.0 Å². The third kappa shape index (κ3) is 4.33. The fourth-order valence-corrected chi connectivity index (χ4v) is 7.42. The van der Waals surface area contributed by atoms with Crippen molar-refractivity contribution in [1.82, 2.24) is 14.2 Å². The van der Waals surface area contributed by atoms with E-state index in [2.05, 4.69) is 38.3 Å². The molecule has 5 nitrogen and oxygen atoms in total. The Labute approximate surface area is 175 Å². The van der Waals surface area contributed by atoms with E-state index in [0.717, 1.165) is 26.6 Å². The van der Waals surface area contributed by atoms with Crippen LogP contribution in [-0.4, -0.2) is 48.8 Å². The fraction of sp³-hybridized carbons (Fsp3) is 0.278. The summed E-state index contributed by atoms with van der Waals surface area (Å²) in [7, 11) is -3.39. The summed E-state index contributed by atoms with van der Waals surface area (Å²) in [4.78, 5) is 7.00. The van der Waals surface area contributed by atoms with Gasteiger partial charge in [0.15, 0.2) is 0 Å². The molecule has 3 heterocycles. The first kappa shape index (κ1) is 19.2. The second kappa shape index (κ2) is 8.10. The van der Waals surface area contributed by atoms with Crippen molar-refractivity contribution in [2.75, 3.05) is 26.2 Å². The molecule has 0 spiro atoms. The molecular formula is C18H18BrN3O2S3. The standard InChI is InChI=1S/C18H18BrN3O2S3/c19-16-6-7-17(26-16)27(23,24)22-10-8-21(9-11-22)12-15-13-25-18(20-15)14-4-2-1-3-5-14/h1-7,13H,8-12H2. The summed E-state index contributed by atoms with van der Waals surface area (Å²) in [5.41, 5.74) is 2.17. The van der Waals surface area contributed by atoms with Gasteiger partial charge in [0.2, 0.25) is 0 Å². The van der Waals surface area contributed by atoms with Crippen LogP contribution in [0.3, 0.4) is 0 Å². The molecule has 0 unspecified atom stereocenters. The zero-order valence-electron chi connectivity index (χ0n) is 14.4. The molecule has 2 aromatic heterocycles. The van der Waals surface area contributed by atoms with E-state index in [1.54, 1.807) is 27.8 Å². The highest BCUT2D eigenvalue weighted by molar-refractivity contribution is 9.11. The number of hydrogen-bond donors (Lipinski definition) is 0. The van der Waals surface area contributed by atoms with Crippen LogP contribution < -0.4 is 0 Å². The maximum Gasteiger partial charge on any atom is 0.252 e. The van der Waals surface area contributed by atoms with Crippen LogP contribution in [0.4, 0.5) is 0 Å². The van der Waals surface area contributed by atoms with E-state index >= 15 is 0 Å². The van der Waals surface area contributed by atoms with Gasteiger partial charge in [0.05, 0.1) is 9.48 Å². The average molecular weight is 484 g/mol. The van der Waals surface area contributed by atoms with Crippen molar-refractivity contribution in [1.29, 1.82) is 0 Å². The maximum absolute atomic E-state index is 12.7. The van der Waals surface area contributed by atoms with Crippen LogP contribution in [0.25, 0.3) is 10.6 Å². The number of benzene rings is 1. The third-order valence-electron chi connectivity index (χ3n) is 4.43. The third-order valence-corrected chi connectivity index (χ3v) is 9.36. The van der Waals surface area contributed by atoms with Crippen LogP contribution in [-0.2, 0) is 16.6 Å². The number of aromatic nitrogens is 1. The van der Waals surface area contributed by atoms with Crippen LogP contribution in [0.2, 0.25) is 0 Å². The van der Waals surface area contributed by atoms with Gasteiger partial charge in [0, 0.05) is 43.7 Å². The largest absolute Gasteiger partial charge is 0.295 e. The molecule has 1 saturated heterocycles. The SMILES string of the molecule is O=S(=O)(c1ccc(Br)s1)N1CCN(Cc2csc(-c3ccccc3)n2)CC1. The van der Waals surface area contributed by atoms with Gasteiger partial charge >= 0.3 is 0 Å². The molecule has 0 aliphatic carbocycles. The highest BCUT2D eigenvalue weighted by atomic mass is 79.9. The molecule has 142 valence electrons. The molecule has 1 aliphatic heterocycles. The molecule has 0 saturated carbocycles. The molecule has 1 aliphatic rings. The Hall–Kier alpha value is -1.10. The lowest BCUT2D eigenvalue weighted by Gasteiger charge is -2.33. The quantitative estimate of drug-likeness (QED) is 0.546. The van der Waals surface area contributed by atoms with E-state index in [1.165, 1.54) is 11.3 Å². The van der Waals surface area contributed by atoms with Crippen LogP contribution in [0.15, 0.2) is 55.8 Å². The summed E-state index contributed by atoms with van der Waals surface area (Å²) < 4.78 is 28.2. The van der Waals surface area contributed by atoms with E-state index in [9.17, 15) is 8.42 Å². The molecule has 1 fully saturated rings. The summed E-state index contributed by atoms with van der Waals surface area (Å²) in [6.07, 6.45) is 0. The first-order valence-corrected chi connectivity index (χ1v) is 12.4. The van der Waals surface area contributed by atoms with Gasteiger partial charge in [-0.05, 0) is 28.1 Å². The zero-order valence-corrected chi connectivity index (χ0v) is 18.5. The number of nitrogens with zero attached hydrogens (tertiary/aromatic N) is 3. The number of halogens is 1. The zero-order chi connectivity index (χ0) is 18.9. The number of rotatable bonds is 5. The van der Waals surface area contributed by atoms with Crippen molar-refractivity contribution in [3.05, 3.63) is 57.3 Å². The Morgan fingerprint density at radius 3 is 2.44 bits per heavy atom. The lowest BCUT2D eigenvalue weighted by atomic mass is 10.2. The molecule has 27 heavy (non-hydrogen) atoms. The van der Waals surface area contributed by atoms with Crippen molar-refractivity contribution >= 4 is 48.6 Å². The Bertz CT molecular complexity index is 1010. The number of sulfonamides is 1.